The van der Waals surface area contributed by atoms with Crippen molar-refractivity contribution in [2.24, 2.45) is 0 Å². The lowest BCUT2D eigenvalue weighted by Crippen LogP contribution is -2.10. The number of carboxylic acid groups (broad SMARTS) is 1. The molecule has 1 aromatic carbocycles. The minimum atomic E-state index is -0.970. The van der Waals surface area contributed by atoms with Crippen LogP contribution in [0.25, 0.3) is 22.4 Å². The fourth-order valence-electron chi connectivity index (χ4n) is 2.20. The standard InChI is InChI=1S/C13H10Cl2N4O2/c1-6-7(4-16-18-6)13-17-10-2-8(14)9(15)3-11(10)19(13)5-12(20)21/h2-4H,5H2,1H3,(H,16,18)(H,20,21). The van der Waals surface area contributed by atoms with Gasteiger partial charge in [-0.2, -0.15) is 5.10 Å². The number of nitrogens with one attached hydrogen (secondary N) is 1. The van der Waals surface area contributed by atoms with Gasteiger partial charge in [-0.3, -0.25) is 9.89 Å². The van der Waals surface area contributed by atoms with Crippen molar-refractivity contribution in [2.45, 2.75) is 13.5 Å². The average molecular weight is 325 g/mol. The molecule has 0 radical (unpaired) electrons. The van der Waals surface area contributed by atoms with Crippen LogP contribution in [0.2, 0.25) is 10.0 Å². The number of carbonyl (C=O) groups is 1. The first-order valence-corrected chi connectivity index (χ1v) is 6.80. The predicted octanol–water partition coefficient (Wildman–Crippen LogP) is 3.13. The van der Waals surface area contributed by atoms with Crippen molar-refractivity contribution in [2.75, 3.05) is 0 Å². The first-order chi connectivity index (χ1) is 9.97. The highest BCUT2D eigenvalue weighted by Crippen LogP contribution is 2.31. The lowest BCUT2D eigenvalue weighted by Gasteiger charge is -2.06. The Kier molecular flexibility index (Phi) is 3.35. The molecule has 3 rings (SSSR count). The van der Waals surface area contributed by atoms with E-state index < -0.39 is 5.97 Å². The Morgan fingerprint density at radius 2 is 2.10 bits per heavy atom. The van der Waals surface area contributed by atoms with Crippen LogP contribution in [0.5, 0.6) is 0 Å². The van der Waals surface area contributed by atoms with Crippen molar-refractivity contribution in [3.8, 4) is 11.4 Å². The van der Waals surface area contributed by atoms with Crippen LogP contribution in [0, 0.1) is 6.92 Å². The molecule has 2 heterocycles. The van der Waals surface area contributed by atoms with Crippen molar-refractivity contribution in [1.82, 2.24) is 19.7 Å². The minimum absolute atomic E-state index is 0.228. The number of fused-ring (bicyclic) bond motifs is 1. The average Bonchev–Trinajstić information content (AvgIpc) is 2.95. The molecule has 8 heteroatoms. The van der Waals surface area contributed by atoms with E-state index in [-0.39, 0.29) is 6.54 Å². The van der Waals surface area contributed by atoms with E-state index in [1.165, 1.54) is 0 Å². The fraction of sp³-hybridized carbons (Fsp3) is 0.154. The monoisotopic (exact) mass is 324 g/mol. The molecule has 0 fully saturated rings. The first kappa shape index (κ1) is 13.9. The number of rotatable bonds is 3. The number of hydrogen-bond acceptors (Lipinski definition) is 3. The first-order valence-electron chi connectivity index (χ1n) is 6.05. The van der Waals surface area contributed by atoms with Crippen molar-refractivity contribution in [1.29, 1.82) is 0 Å². The number of H-pyrrole nitrogens is 1. The molecule has 0 unspecified atom stereocenters. The summed E-state index contributed by atoms with van der Waals surface area (Å²) in [6.07, 6.45) is 1.61. The van der Waals surface area contributed by atoms with Crippen molar-refractivity contribution in [3.05, 3.63) is 34.1 Å². The number of nitrogens with zero attached hydrogens (tertiary/aromatic N) is 3. The van der Waals surface area contributed by atoms with Crippen molar-refractivity contribution in [3.63, 3.8) is 0 Å². The molecular weight excluding hydrogens is 315 g/mol. The van der Waals surface area contributed by atoms with Gasteiger partial charge in [0.15, 0.2) is 0 Å². The Bertz CT molecular complexity index is 853. The second kappa shape index (κ2) is 5.05. The molecule has 0 aliphatic carbocycles. The number of aryl methyl sites for hydroxylation is 1. The van der Waals surface area contributed by atoms with Crippen LogP contribution in [0.15, 0.2) is 18.3 Å². The van der Waals surface area contributed by atoms with Crippen molar-refractivity contribution >= 4 is 40.2 Å². The van der Waals surface area contributed by atoms with E-state index in [9.17, 15) is 4.79 Å². The Morgan fingerprint density at radius 3 is 2.71 bits per heavy atom. The molecule has 2 N–H and O–H groups in total. The summed E-state index contributed by atoms with van der Waals surface area (Å²) in [7, 11) is 0. The zero-order valence-electron chi connectivity index (χ0n) is 10.9. The van der Waals surface area contributed by atoms with Gasteiger partial charge < -0.3 is 9.67 Å². The van der Waals surface area contributed by atoms with E-state index in [1.54, 1.807) is 22.9 Å². The Balaban J connectivity index is 2.33. The minimum Gasteiger partial charge on any atom is -0.480 e. The van der Waals surface area contributed by atoms with E-state index >= 15 is 0 Å². The number of hydrogen-bond donors (Lipinski definition) is 2. The number of halogens is 2. The quantitative estimate of drug-likeness (QED) is 0.775. The molecule has 0 bridgehead atoms. The van der Waals surface area contributed by atoms with E-state index in [4.69, 9.17) is 28.3 Å². The summed E-state index contributed by atoms with van der Waals surface area (Å²) in [6.45, 7) is 1.61. The Morgan fingerprint density at radius 1 is 1.38 bits per heavy atom. The molecule has 0 spiro atoms. The smallest absolute Gasteiger partial charge is 0.323 e. The van der Waals surface area contributed by atoms with Crippen LogP contribution in [0.1, 0.15) is 5.69 Å². The van der Waals surface area contributed by atoms with Crippen molar-refractivity contribution < 1.29 is 9.90 Å². The highest BCUT2D eigenvalue weighted by atomic mass is 35.5. The zero-order valence-corrected chi connectivity index (χ0v) is 12.4. The van der Waals surface area contributed by atoms with Gasteiger partial charge in [0.1, 0.15) is 12.4 Å². The SMILES string of the molecule is Cc1[nH]ncc1-c1nc2cc(Cl)c(Cl)cc2n1CC(=O)O. The molecule has 0 atom stereocenters. The van der Waals surface area contributed by atoms with Gasteiger partial charge in [-0.1, -0.05) is 23.2 Å². The summed E-state index contributed by atoms with van der Waals surface area (Å²) >= 11 is 12.0. The molecule has 0 saturated carbocycles. The third-order valence-electron chi connectivity index (χ3n) is 3.15. The predicted molar refractivity (Wildman–Crippen MR) is 79.7 cm³/mol. The third kappa shape index (κ3) is 2.36. The topological polar surface area (TPSA) is 83.8 Å². The summed E-state index contributed by atoms with van der Waals surface area (Å²) in [5, 5.41) is 16.6. The molecule has 0 amide bonds. The Labute approximate surface area is 129 Å². The fourth-order valence-corrected chi connectivity index (χ4v) is 2.51. The summed E-state index contributed by atoms with van der Waals surface area (Å²) in [6, 6.07) is 3.24. The number of aromatic nitrogens is 4. The van der Waals surface area contributed by atoms with Gasteiger partial charge in [0.2, 0.25) is 0 Å². The number of aliphatic carboxylic acids is 1. The van der Waals surface area contributed by atoms with Crippen LogP contribution in [0.3, 0.4) is 0 Å². The van der Waals surface area contributed by atoms with Crippen LogP contribution in [0.4, 0.5) is 0 Å². The summed E-state index contributed by atoms with van der Waals surface area (Å²) in [5.74, 6) is -0.459. The van der Waals surface area contributed by atoms with Crippen LogP contribution in [-0.2, 0) is 11.3 Å². The van der Waals surface area contributed by atoms with E-state index in [0.717, 1.165) is 11.3 Å². The number of carboxylic acids is 1. The lowest BCUT2D eigenvalue weighted by atomic mass is 10.2. The lowest BCUT2D eigenvalue weighted by molar-refractivity contribution is -0.137. The molecule has 3 aromatic rings. The molecule has 6 nitrogen and oxygen atoms in total. The molecule has 21 heavy (non-hydrogen) atoms. The Hall–Kier alpha value is -2.05. The summed E-state index contributed by atoms with van der Waals surface area (Å²) in [4.78, 5) is 15.6. The largest absolute Gasteiger partial charge is 0.480 e. The molecule has 0 aliphatic heterocycles. The molecule has 108 valence electrons. The molecule has 2 aromatic heterocycles. The number of imidazole rings is 1. The van der Waals surface area contributed by atoms with Crippen LogP contribution >= 0.6 is 23.2 Å². The maximum atomic E-state index is 11.1. The van der Waals surface area contributed by atoms with Gasteiger partial charge in [-0.15, -0.1) is 0 Å². The third-order valence-corrected chi connectivity index (χ3v) is 3.88. The maximum Gasteiger partial charge on any atom is 0.323 e. The van der Waals surface area contributed by atoms with Gasteiger partial charge in [0.25, 0.3) is 0 Å². The number of benzene rings is 1. The van der Waals surface area contributed by atoms with Crippen LogP contribution in [-0.4, -0.2) is 30.8 Å². The summed E-state index contributed by atoms with van der Waals surface area (Å²) < 4.78 is 1.58. The highest BCUT2D eigenvalue weighted by molar-refractivity contribution is 6.42. The van der Waals surface area contributed by atoms with E-state index in [1.807, 2.05) is 6.92 Å². The van der Waals surface area contributed by atoms with Gasteiger partial charge >= 0.3 is 5.97 Å². The van der Waals surface area contributed by atoms with E-state index in [2.05, 4.69) is 15.2 Å². The van der Waals surface area contributed by atoms with Gasteiger partial charge in [0, 0.05) is 5.69 Å². The maximum absolute atomic E-state index is 11.1. The number of aromatic amines is 1. The molecular formula is C13H10Cl2N4O2. The van der Waals surface area contributed by atoms with Gasteiger partial charge in [0.05, 0.1) is 32.8 Å². The molecule has 0 aliphatic rings. The summed E-state index contributed by atoms with van der Waals surface area (Å²) in [5.41, 5.74) is 2.73. The molecule has 0 saturated heterocycles. The normalized spacial score (nSPS) is 11.2. The van der Waals surface area contributed by atoms with Gasteiger partial charge in [-0.05, 0) is 19.1 Å². The zero-order chi connectivity index (χ0) is 15.1. The van der Waals surface area contributed by atoms with Gasteiger partial charge in [-0.25, -0.2) is 4.98 Å². The van der Waals surface area contributed by atoms with E-state index in [0.29, 0.717) is 26.9 Å². The highest BCUT2D eigenvalue weighted by Gasteiger charge is 2.18. The van der Waals surface area contributed by atoms with Crippen LogP contribution < -0.4 is 0 Å². The second-order valence-corrected chi connectivity index (χ2v) is 5.39. The second-order valence-electron chi connectivity index (χ2n) is 4.58.